The summed E-state index contributed by atoms with van der Waals surface area (Å²) in [5.41, 5.74) is 1.29. The zero-order valence-corrected chi connectivity index (χ0v) is 18.0. The molecule has 0 unspecified atom stereocenters. The number of rotatable bonds is 11. The van der Waals surface area contributed by atoms with Crippen LogP contribution in [0.4, 0.5) is 0 Å². The SMILES string of the molecule is CCOc1ccc(C(=O)[C@H](C)OC(=O)CCc2cc(OC)c(OC)c(OC)c2)cc1. The van der Waals surface area contributed by atoms with Gasteiger partial charge in [-0.3, -0.25) is 9.59 Å². The summed E-state index contributed by atoms with van der Waals surface area (Å²) < 4.78 is 26.6. The molecule has 0 spiro atoms. The molecule has 0 aliphatic carbocycles. The van der Waals surface area contributed by atoms with Crippen molar-refractivity contribution in [2.24, 2.45) is 0 Å². The minimum Gasteiger partial charge on any atom is -0.494 e. The van der Waals surface area contributed by atoms with Crippen LogP contribution in [0.15, 0.2) is 36.4 Å². The molecule has 0 N–H and O–H groups in total. The van der Waals surface area contributed by atoms with E-state index in [1.54, 1.807) is 43.3 Å². The molecule has 30 heavy (non-hydrogen) atoms. The lowest BCUT2D eigenvalue weighted by Gasteiger charge is -2.15. The number of Topliss-reactive ketones (excluding diaryl/α,β-unsaturated/α-hetero) is 1. The van der Waals surface area contributed by atoms with E-state index in [2.05, 4.69) is 0 Å². The highest BCUT2D eigenvalue weighted by molar-refractivity contribution is 6.00. The lowest BCUT2D eigenvalue weighted by Crippen LogP contribution is -2.24. The molecule has 0 heterocycles. The number of esters is 1. The third-order valence-electron chi connectivity index (χ3n) is 4.47. The van der Waals surface area contributed by atoms with Crippen molar-refractivity contribution >= 4 is 11.8 Å². The number of hydrogen-bond acceptors (Lipinski definition) is 7. The van der Waals surface area contributed by atoms with Gasteiger partial charge in [0.25, 0.3) is 0 Å². The standard InChI is InChI=1S/C23H28O7/c1-6-29-18-10-8-17(9-11-18)22(25)15(2)30-21(24)12-7-16-13-19(26-3)23(28-5)20(14-16)27-4/h8-11,13-15H,6-7,12H2,1-5H3/t15-/m0/s1. The molecule has 2 aromatic carbocycles. The van der Waals surface area contributed by atoms with Crippen LogP contribution in [0.2, 0.25) is 0 Å². The molecule has 1 atom stereocenters. The molecular formula is C23H28O7. The van der Waals surface area contributed by atoms with Crippen molar-refractivity contribution in [2.45, 2.75) is 32.8 Å². The summed E-state index contributed by atoms with van der Waals surface area (Å²) in [6, 6.07) is 10.3. The minimum atomic E-state index is -0.879. The van der Waals surface area contributed by atoms with Crippen LogP contribution in [0.3, 0.4) is 0 Å². The number of carbonyl (C=O) groups excluding carboxylic acids is 2. The Balaban J connectivity index is 1.96. The van der Waals surface area contributed by atoms with Gasteiger partial charge in [-0.05, 0) is 62.2 Å². The summed E-state index contributed by atoms with van der Waals surface area (Å²) in [4.78, 5) is 24.7. The fourth-order valence-corrected chi connectivity index (χ4v) is 2.95. The molecule has 7 nitrogen and oxygen atoms in total. The fraction of sp³-hybridized carbons (Fsp3) is 0.391. The molecular weight excluding hydrogens is 388 g/mol. The van der Waals surface area contributed by atoms with Crippen LogP contribution in [0.5, 0.6) is 23.0 Å². The van der Waals surface area contributed by atoms with Crippen LogP contribution in [0.25, 0.3) is 0 Å². The quantitative estimate of drug-likeness (QED) is 0.406. The van der Waals surface area contributed by atoms with Gasteiger partial charge in [0.05, 0.1) is 27.9 Å². The number of benzene rings is 2. The Bertz CT molecular complexity index is 833. The Morgan fingerprint density at radius 2 is 1.53 bits per heavy atom. The maximum absolute atomic E-state index is 12.5. The highest BCUT2D eigenvalue weighted by Crippen LogP contribution is 2.38. The van der Waals surface area contributed by atoms with E-state index < -0.39 is 12.1 Å². The maximum atomic E-state index is 12.5. The Morgan fingerprint density at radius 1 is 0.933 bits per heavy atom. The summed E-state index contributed by atoms with van der Waals surface area (Å²) in [5, 5.41) is 0. The van der Waals surface area contributed by atoms with Crippen LogP contribution < -0.4 is 18.9 Å². The predicted octanol–water partition coefficient (Wildman–Crippen LogP) is 3.86. The molecule has 2 rings (SSSR count). The van der Waals surface area contributed by atoms with Crippen LogP contribution in [0.1, 0.15) is 36.2 Å². The molecule has 0 saturated heterocycles. The lowest BCUT2D eigenvalue weighted by atomic mass is 10.1. The van der Waals surface area contributed by atoms with Gasteiger partial charge in [0, 0.05) is 12.0 Å². The van der Waals surface area contributed by atoms with Gasteiger partial charge in [-0.1, -0.05) is 0 Å². The first-order valence-electron chi connectivity index (χ1n) is 9.68. The molecule has 7 heteroatoms. The van der Waals surface area contributed by atoms with Crippen molar-refractivity contribution in [3.8, 4) is 23.0 Å². The predicted molar refractivity (Wildman–Crippen MR) is 112 cm³/mol. The summed E-state index contributed by atoms with van der Waals surface area (Å²) in [6.07, 6.45) is -0.366. The average molecular weight is 416 g/mol. The lowest BCUT2D eigenvalue weighted by molar-refractivity contribution is -0.146. The molecule has 0 aromatic heterocycles. The van der Waals surface area contributed by atoms with E-state index >= 15 is 0 Å². The molecule has 0 aliphatic heterocycles. The zero-order chi connectivity index (χ0) is 22.1. The van der Waals surface area contributed by atoms with Gasteiger partial charge in [-0.15, -0.1) is 0 Å². The smallest absolute Gasteiger partial charge is 0.306 e. The minimum absolute atomic E-state index is 0.111. The Kier molecular flexibility index (Phi) is 8.53. The van der Waals surface area contributed by atoms with E-state index in [1.807, 2.05) is 6.92 Å². The monoisotopic (exact) mass is 416 g/mol. The van der Waals surface area contributed by atoms with Crippen molar-refractivity contribution in [2.75, 3.05) is 27.9 Å². The zero-order valence-electron chi connectivity index (χ0n) is 18.0. The Labute approximate surface area is 176 Å². The van der Waals surface area contributed by atoms with E-state index in [-0.39, 0.29) is 12.2 Å². The van der Waals surface area contributed by atoms with Gasteiger partial charge in [0.2, 0.25) is 11.5 Å². The molecule has 0 fully saturated rings. The van der Waals surface area contributed by atoms with E-state index in [1.165, 1.54) is 21.3 Å². The molecule has 0 amide bonds. The van der Waals surface area contributed by atoms with Crippen LogP contribution in [-0.2, 0) is 16.0 Å². The first-order chi connectivity index (χ1) is 14.4. The number of ether oxygens (including phenoxy) is 5. The molecule has 2 aromatic rings. The summed E-state index contributed by atoms with van der Waals surface area (Å²) in [7, 11) is 4.59. The number of aryl methyl sites for hydroxylation is 1. The molecule has 0 bridgehead atoms. The maximum Gasteiger partial charge on any atom is 0.306 e. The second-order valence-corrected chi connectivity index (χ2v) is 6.49. The first-order valence-corrected chi connectivity index (χ1v) is 9.68. The van der Waals surface area contributed by atoms with Gasteiger partial charge in [0.15, 0.2) is 17.6 Å². The molecule has 0 radical (unpaired) electrons. The van der Waals surface area contributed by atoms with Gasteiger partial charge in [-0.2, -0.15) is 0 Å². The third kappa shape index (κ3) is 5.89. The largest absolute Gasteiger partial charge is 0.494 e. The van der Waals surface area contributed by atoms with Crippen molar-refractivity contribution in [3.63, 3.8) is 0 Å². The number of carbonyl (C=O) groups is 2. The van der Waals surface area contributed by atoms with E-state index in [0.717, 1.165) is 5.56 Å². The van der Waals surface area contributed by atoms with Gasteiger partial charge in [-0.25, -0.2) is 0 Å². The summed E-state index contributed by atoms with van der Waals surface area (Å²) in [6.45, 7) is 4.00. The summed E-state index contributed by atoms with van der Waals surface area (Å²) >= 11 is 0. The summed E-state index contributed by atoms with van der Waals surface area (Å²) in [5.74, 6) is 1.47. The highest BCUT2D eigenvalue weighted by atomic mass is 16.5. The van der Waals surface area contributed by atoms with Crippen LogP contribution >= 0.6 is 0 Å². The third-order valence-corrected chi connectivity index (χ3v) is 4.47. The molecule has 0 saturated carbocycles. The van der Waals surface area contributed by atoms with Gasteiger partial charge in [0.1, 0.15) is 5.75 Å². The number of ketones is 1. The second-order valence-electron chi connectivity index (χ2n) is 6.49. The van der Waals surface area contributed by atoms with Crippen molar-refractivity contribution in [1.29, 1.82) is 0 Å². The highest BCUT2D eigenvalue weighted by Gasteiger charge is 2.20. The van der Waals surface area contributed by atoms with E-state index in [9.17, 15) is 9.59 Å². The van der Waals surface area contributed by atoms with Crippen molar-refractivity contribution in [3.05, 3.63) is 47.5 Å². The average Bonchev–Trinajstić information content (AvgIpc) is 2.76. The van der Waals surface area contributed by atoms with E-state index in [0.29, 0.717) is 41.6 Å². The number of methoxy groups -OCH3 is 3. The molecule has 0 aliphatic rings. The topological polar surface area (TPSA) is 80.3 Å². The van der Waals surface area contributed by atoms with Gasteiger partial charge >= 0.3 is 5.97 Å². The van der Waals surface area contributed by atoms with Crippen molar-refractivity contribution < 1.29 is 33.3 Å². The second kappa shape index (κ2) is 11.1. The van der Waals surface area contributed by atoms with Gasteiger partial charge < -0.3 is 23.7 Å². The number of hydrogen-bond donors (Lipinski definition) is 0. The van der Waals surface area contributed by atoms with Crippen LogP contribution in [-0.4, -0.2) is 45.8 Å². The Morgan fingerprint density at radius 3 is 2.03 bits per heavy atom. The fourth-order valence-electron chi connectivity index (χ4n) is 2.95. The molecule has 162 valence electrons. The Hall–Kier alpha value is -3.22. The van der Waals surface area contributed by atoms with Crippen molar-refractivity contribution in [1.82, 2.24) is 0 Å². The van der Waals surface area contributed by atoms with Crippen LogP contribution in [0, 0.1) is 0 Å². The first kappa shape index (κ1) is 23.1. The normalized spacial score (nSPS) is 11.4. The van der Waals surface area contributed by atoms with E-state index in [4.69, 9.17) is 23.7 Å².